The van der Waals surface area contributed by atoms with Gasteiger partial charge < -0.3 is 4.74 Å². The molecular formula is C15H22O5S. The van der Waals surface area contributed by atoms with Crippen LogP contribution in [0.25, 0.3) is 0 Å². The van der Waals surface area contributed by atoms with Gasteiger partial charge in [0.25, 0.3) is 10.1 Å². The van der Waals surface area contributed by atoms with E-state index in [1.54, 1.807) is 12.1 Å². The molecule has 0 amide bonds. The molecule has 0 aliphatic rings. The standard InChI is InChI=1S/C15H22O5S/c1-3-5-6-7-13(16)12-20-21(17,18)15-10-8-14(9-11-15)19-4-2/h8-11H,3-7,12H2,1-2H3. The van der Waals surface area contributed by atoms with Crippen LogP contribution in [0.1, 0.15) is 39.5 Å². The first-order chi connectivity index (χ1) is 9.99. The molecule has 1 aromatic rings. The number of unbranched alkanes of at least 4 members (excludes halogenated alkanes) is 2. The SMILES string of the molecule is CCCCCC(=O)COS(=O)(=O)c1ccc(OCC)cc1. The Bertz CT molecular complexity index is 534. The maximum atomic E-state index is 11.9. The molecule has 0 aliphatic heterocycles. The smallest absolute Gasteiger partial charge is 0.297 e. The van der Waals surface area contributed by atoms with Gasteiger partial charge in [-0.05, 0) is 37.6 Å². The van der Waals surface area contributed by atoms with Crippen LogP contribution < -0.4 is 4.74 Å². The molecule has 0 radical (unpaired) electrons. The Hall–Kier alpha value is -1.40. The second-order valence-electron chi connectivity index (χ2n) is 4.62. The van der Waals surface area contributed by atoms with Gasteiger partial charge in [-0.25, -0.2) is 0 Å². The third-order valence-electron chi connectivity index (χ3n) is 2.86. The molecule has 0 saturated heterocycles. The molecule has 6 heteroatoms. The third kappa shape index (κ3) is 6.27. The summed E-state index contributed by atoms with van der Waals surface area (Å²) in [5.74, 6) is 0.394. The summed E-state index contributed by atoms with van der Waals surface area (Å²) in [6.07, 6.45) is 3.09. The highest BCUT2D eigenvalue weighted by molar-refractivity contribution is 7.86. The minimum Gasteiger partial charge on any atom is -0.494 e. The lowest BCUT2D eigenvalue weighted by Gasteiger charge is -2.07. The molecule has 0 unspecified atom stereocenters. The van der Waals surface area contributed by atoms with Crippen LogP contribution in [0.5, 0.6) is 5.75 Å². The summed E-state index contributed by atoms with van der Waals surface area (Å²) in [7, 11) is -3.89. The number of carbonyl (C=O) groups is 1. The molecule has 0 N–H and O–H groups in total. The summed E-state index contributed by atoms with van der Waals surface area (Å²) in [5, 5.41) is 0. The van der Waals surface area contributed by atoms with Crippen molar-refractivity contribution in [3.05, 3.63) is 24.3 Å². The molecule has 0 bridgehead atoms. The molecule has 21 heavy (non-hydrogen) atoms. The lowest BCUT2D eigenvalue weighted by molar-refractivity contribution is -0.121. The predicted octanol–water partition coefficient (Wildman–Crippen LogP) is 2.94. The van der Waals surface area contributed by atoms with Crippen LogP contribution in [0.3, 0.4) is 0 Å². The molecule has 1 rings (SSSR count). The molecule has 0 saturated carbocycles. The monoisotopic (exact) mass is 314 g/mol. The van der Waals surface area contributed by atoms with Crippen molar-refractivity contribution in [1.82, 2.24) is 0 Å². The van der Waals surface area contributed by atoms with E-state index in [2.05, 4.69) is 0 Å². The maximum Gasteiger partial charge on any atom is 0.297 e. The zero-order chi connectivity index (χ0) is 15.7. The van der Waals surface area contributed by atoms with Crippen molar-refractivity contribution in [2.45, 2.75) is 44.4 Å². The van der Waals surface area contributed by atoms with Crippen molar-refractivity contribution in [2.75, 3.05) is 13.2 Å². The van der Waals surface area contributed by atoms with Crippen molar-refractivity contribution in [3.8, 4) is 5.75 Å². The highest BCUT2D eigenvalue weighted by Gasteiger charge is 2.17. The zero-order valence-corrected chi connectivity index (χ0v) is 13.3. The minimum absolute atomic E-state index is 0.0207. The Morgan fingerprint density at radius 2 is 1.76 bits per heavy atom. The number of hydrogen-bond acceptors (Lipinski definition) is 5. The van der Waals surface area contributed by atoms with Crippen LogP contribution in [0.15, 0.2) is 29.2 Å². The largest absolute Gasteiger partial charge is 0.494 e. The highest BCUT2D eigenvalue weighted by atomic mass is 32.2. The van der Waals surface area contributed by atoms with Crippen molar-refractivity contribution in [2.24, 2.45) is 0 Å². The first kappa shape index (κ1) is 17.7. The van der Waals surface area contributed by atoms with Crippen molar-refractivity contribution in [1.29, 1.82) is 0 Å². The molecule has 1 aromatic carbocycles. The second-order valence-corrected chi connectivity index (χ2v) is 6.23. The fourth-order valence-electron chi connectivity index (χ4n) is 1.72. The zero-order valence-electron chi connectivity index (χ0n) is 12.5. The van der Waals surface area contributed by atoms with Crippen molar-refractivity contribution >= 4 is 15.9 Å². The van der Waals surface area contributed by atoms with E-state index in [0.717, 1.165) is 19.3 Å². The first-order valence-electron chi connectivity index (χ1n) is 7.13. The van der Waals surface area contributed by atoms with Gasteiger partial charge in [0.2, 0.25) is 0 Å². The van der Waals surface area contributed by atoms with E-state index in [1.165, 1.54) is 12.1 Å². The topological polar surface area (TPSA) is 69.7 Å². The summed E-state index contributed by atoms with van der Waals surface area (Å²) in [6, 6.07) is 5.93. The first-order valence-corrected chi connectivity index (χ1v) is 8.54. The Labute approximate surface area is 126 Å². The number of rotatable bonds is 10. The Balaban J connectivity index is 2.54. The van der Waals surface area contributed by atoms with Gasteiger partial charge >= 0.3 is 0 Å². The molecule has 0 spiro atoms. The van der Waals surface area contributed by atoms with Crippen LogP contribution in [-0.4, -0.2) is 27.4 Å². The van der Waals surface area contributed by atoms with Gasteiger partial charge in [-0.3, -0.25) is 8.98 Å². The summed E-state index contributed by atoms with van der Waals surface area (Å²) >= 11 is 0. The normalized spacial score (nSPS) is 11.3. The number of hydrogen-bond donors (Lipinski definition) is 0. The van der Waals surface area contributed by atoms with E-state index in [4.69, 9.17) is 8.92 Å². The summed E-state index contributed by atoms with van der Waals surface area (Å²) < 4.78 is 33.9. The fourth-order valence-corrected chi connectivity index (χ4v) is 2.62. The van der Waals surface area contributed by atoms with E-state index in [1.807, 2.05) is 13.8 Å². The van der Waals surface area contributed by atoms with Crippen LogP contribution in [0.2, 0.25) is 0 Å². The number of benzene rings is 1. The average Bonchev–Trinajstić information content (AvgIpc) is 2.46. The van der Waals surface area contributed by atoms with Gasteiger partial charge in [-0.2, -0.15) is 8.42 Å². The average molecular weight is 314 g/mol. The summed E-state index contributed by atoms with van der Waals surface area (Å²) in [4.78, 5) is 11.5. The van der Waals surface area contributed by atoms with Gasteiger partial charge in [0.05, 0.1) is 11.5 Å². The van der Waals surface area contributed by atoms with Crippen LogP contribution in [-0.2, 0) is 19.1 Å². The summed E-state index contributed by atoms with van der Waals surface area (Å²) in [5.41, 5.74) is 0. The van der Waals surface area contributed by atoms with E-state index < -0.39 is 16.7 Å². The predicted molar refractivity (Wildman–Crippen MR) is 79.9 cm³/mol. The van der Waals surface area contributed by atoms with Gasteiger partial charge in [0.15, 0.2) is 5.78 Å². The quantitative estimate of drug-likeness (QED) is 0.490. The number of carbonyl (C=O) groups excluding carboxylic acids is 1. The van der Waals surface area contributed by atoms with E-state index in [0.29, 0.717) is 18.8 Å². The Morgan fingerprint density at radius 1 is 1.10 bits per heavy atom. The van der Waals surface area contributed by atoms with Crippen LogP contribution >= 0.6 is 0 Å². The van der Waals surface area contributed by atoms with Crippen molar-refractivity contribution < 1.29 is 22.1 Å². The maximum absolute atomic E-state index is 11.9. The third-order valence-corrected chi connectivity index (χ3v) is 4.14. The van der Waals surface area contributed by atoms with Gasteiger partial charge in [-0.15, -0.1) is 0 Å². The number of ether oxygens (including phenoxy) is 1. The van der Waals surface area contributed by atoms with Gasteiger partial charge in [0, 0.05) is 6.42 Å². The lowest BCUT2D eigenvalue weighted by Crippen LogP contribution is -2.14. The molecule has 0 aromatic heterocycles. The molecule has 0 aliphatic carbocycles. The van der Waals surface area contributed by atoms with Gasteiger partial charge in [-0.1, -0.05) is 19.8 Å². The molecule has 118 valence electrons. The van der Waals surface area contributed by atoms with Crippen LogP contribution in [0.4, 0.5) is 0 Å². The molecule has 0 fully saturated rings. The van der Waals surface area contributed by atoms with Gasteiger partial charge in [0.1, 0.15) is 12.4 Å². The number of Topliss-reactive ketones (excluding diaryl/α,β-unsaturated/α-hetero) is 1. The molecule has 0 atom stereocenters. The second kappa shape index (κ2) is 8.79. The fraction of sp³-hybridized carbons (Fsp3) is 0.533. The molecule has 0 heterocycles. The highest BCUT2D eigenvalue weighted by Crippen LogP contribution is 2.17. The Morgan fingerprint density at radius 3 is 2.33 bits per heavy atom. The van der Waals surface area contributed by atoms with E-state index >= 15 is 0 Å². The lowest BCUT2D eigenvalue weighted by atomic mass is 10.1. The Kier molecular flexibility index (Phi) is 7.39. The minimum atomic E-state index is -3.89. The molecular weight excluding hydrogens is 292 g/mol. The van der Waals surface area contributed by atoms with E-state index in [9.17, 15) is 13.2 Å². The number of ketones is 1. The summed E-state index contributed by atoms with van der Waals surface area (Å²) in [6.45, 7) is 3.99. The van der Waals surface area contributed by atoms with Crippen LogP contribution in [0, 0.1) is 0 Å². The van der Waals surface area contributed by atoms with Crippen molar-refractivity contribution in [3.63, 3.8) is 0 Å². The van der Waals surface area contributed by atoms with E-state index in [-0.39, 0.29) is 10.7 Å². The molecule has 5 nitrogen and oxygen atoms in total.